The van der Waals surface area contributed by atoms with Gasteiger partial charge in [0.1, 0.15) is 0 Å². The highest BCUT2D eigenvalue weighted by molar-refractivity contribution is 9.09. The number of ether oxygens (including phenoxy) is 1. The third-order valence-corrected chi connectivity index (χ3v) is 4.08. The molecule has 6 heteroatoms. The van der Waals surface area contributed by atoms with Crippen molar-refractivity contribution >= 4 is 37.7 Å². The van der Waals surface area contributed by atoms with Gasteiger partial charge in [0.2, 0.25) is 10.0 Å². The van der Waals surface area contributed by atoms with Crippen molar-refractivity contribution in [2.75, 3.05) is 29.5 Å². The molecule has 0 radical (unpaired) electrons. The molecular weight excluding hydrogens is 366 g/mol. The number of alkyl halides is 1. The molecule has 1 aromatic carbocycles. The van der Waals surface area contributed by atoms with Gasteiger partial charge in [-0.15, -0.1) is 0 Å². The fourth-order valence-corrected chi connectivity index (χ4v) is 2.82. The van der Waals surface area contributed by atoms with Crippen molar-refractivity contribution in [1.82, 2.24) is 0 Å². The Labute approximate surface area is 142 Å². The summed E-state index contributed by atoms with van der Waals surface area (Å²) in [6.45, 7) is 1.39. The number of sulfonamides is 1. The summed E-state index contributed by atoms with van der Waals surface area (Å²) in [6.07, 6.45) is 9.86. The van der Waals surface area contributed by atoms with Gasteiger partial charge in [0.25, 0.3) is 0 Å². The zero-order chi connectivity index (χ0) is 16.3. The summed E-state index contributed by atoms with van der Waals surface area (Å²) in [5.41, 5.74) is 1.58. The van der Waals surface area contributed by atoms with Crippen LogP contribution in [0.2, 0.25) is 0 Å². The summed E-state index contributed by atoms with van der Waals surface area (Å²) in [5.74, 6) is 0. The molecule has 0 amide bonds. The van der Waals surface area contributed by atoms with Crippen LogP contribution in [-0.2, 0) is 14.8 Å². The SMILES string of the molecule is CS(=O)(=O)Nc1ccc(C=CCOCCCCCCBr)cc1. The molecule has 0 saturated carbocycles. The van der Waals surface area contributed by atoms with E-state index < -0.39 is 10.0 Å². The van der Waals surface area contributed by atoms with Gasteiger partial charge in [-0.05, 0) is 30.5 Å². The average Bonchev–Trinajstić information content (AvgIpc) is 2.46. The van der Waals surface area contributed by atoms with E-state index in [-0.39, 0.29) is 0 Å². The molecule has 4 nitrogen and oxygen atoms in total. The molecule has 1 aromatic rings. The molecule has 124 valence electrons. The van der Waals surface area contributed by atoms with Gasteiger partial charge in [0, 0.05) is 17.6 Å². The van der Waals surface area contributed by atoms with Gasteiger partial charge < -0.3 is 4.74 Å². The molecular formula is C16H24BrNO3S. The van der Waals surface area contributed by atoms with Crippen LogP contribution in [0.4, 0.5) is 5.69 Å². The zero-order valence-corrected chi connectivity index (χ0v) is 15.3. The van der Waals surface area contributed by atoms with E-state index in [1.807, 2.05) is 24.3 Å². The minimum Gasteiger partial charge on any atom is -0.377 e. The number of rotatable bonds is 11. The number of benzene rings is 1. The Bertz CT molecular complexity index is 541. The fourth-order valence-electron chi connectivity index (χ4n) is 1.86. The van der Waals surface area contributed by atoms with E-state index in [9.17, 15) is 8.42 Å². The number of nitrogens with one attached hydrogen (secondary N) is 1. The number of hydrogen-bond donors (Lipinski definition) is 1. The van der Waals surface area contributed by atoms with Crippen LogP contribution < -0.4 is 4.72 Å². The average molecular weight is 390 g/mol. The summed E-state index contributed by atoms with van der Waals surface area (Å²) in [7, 11) is -3.22. The lowest BCUT2D eigenvalue weighted by Gasteiger charge is -2.03. The largest absolute Gasteiger partial charge is 0.377 e. The third-order valence-electron chi connectivity index (χ3n) is 2.91. The highest BCUT2D eigenvalue weighted by Crippen LogP contribution is 2.12. The van der Waals surface area contributed by atoms with Crippen molar-refractivity contribution in [3.63, 3.8) is 0 Å². The van der Waals surface area contributed by atoms with Crippen LogP contribution in [0, 0.1) is 0 Å². The Balaban J connectivity index is 2.21. The quantitative estimate of drug-likeness (QED) is 0.458. The van der Waals surface area contributed by atoms with Gasteiger partial charge >= 0.3 is 0 Å². The molecule has 0 heterocycles. The van der Waals surface area contributed by atoms with Crippen LogP contribution in [0.25, 0.3) is 6.08 Å². The van der Waals surface area contributed by atoms with E-state index in [4.69, 9.17) is 4.74 Å². The van der Waals surface area contributed by atoms with E-state index in [1.165, 1.54) is 19.3 Å². The molecule has 0 aromatic heterocycles. The van der Waals surface area contributed by atoms with E-state index >= 15 is 0 Å². The number of unbranched alkanes of at least 4 members (excludes halogenated alkanes) is 3. The summed E-state index contributed by atoms with van der Waals surface area (Å²) in [6, 6.07) is 7.21. The minimum atomic E-state index is -3.22. The normalized spacial score (nSPS) is 11.9. The first-order valence-corrected chi connectivity index (χ1v) is 10.4. The van der Waals surface area contributed by atoms with Gasteiger partial charge in [0.15, 0.2) is 0 Å². The van der Waals surface area contributed by atoms with Gasteiger partial charge in [-0.2, -0.15) is 0 Å². The van der Waals surface area contributed by atoms with Crippen molar-refractivity contribution in [3.05, 3.63) is 35.9 Å². The molecule has 0 aliphatic heterocycles. The Morgan fingerprint density at radius 1 is 1.14 bits per heavy atom. The van der Waals surface area contributed by atoms with Crippen LogP contribution in [0.1, 0.15) is 31.2 Å². The lowest BCUT2D eigenvalue weighted by molar-refractivity contribution is 0.157. The summed E-state index contributed by atoms with van der Waals surface area (Å²) < 4.78 is 30.2. The van der Waals surface area contributed by atoms with Crippen molar-refractivity contribution in [2.45, 2.75) is 25.7 Å². The maximum atomic E-state index is 11.1. The highest BCUT2D eigenvalue weighted by Gasteiger charge is 2.00. The number of anilines is 1. The number of hydrogen-bond acceptors (Lipinski definition) is 3. The highest BCUT2D eigenvalue weighted by atomic mass is 79.9. The molecule has 0 unspecified atom stereocenters. The third kappa shape index (κ3) is 9.97. The van der Waals surface area contributed by atoms with Crippen molar-refractivity contribution in [1.29, 1.82) is 0 Å². The van der Waals surface area contributed by atoms with E-state index in [0.29, 0.717) is 12.3 Å². The molecule has 0 spiro atoms. The second-order valence-corrected chi connectivity index (χ2v) is 7.62. The van der Waals surface area contributed by atoms with E-state index in [2.05, 4.69) is 20.7 Å². The minimum absolute atomic E-state index is 0.569. The summed E-state index contributed by atoms with van der Waals surface area (Å²) >= 11 is 3.42. The first-order valence-electron chi connectivity index (χ1n) is 7.39. The fraction of sp³-hybridized carbons (Fsp3) is 0.500. The topological polar surface area (TPSA) is 55.4 Å². The van der Waals surface area contributed by atoms with Crippen molar-refractivity contribution < 1.29 is 13.2 Å². The summed E-state index contributed by atoms with van der Waals surface area (Å²) in [4.78, 5) is 0. The van der Waals surface area contributed by atoms with Crippen LogP contribution in [0.15, 0.2) is 30.3 Å². The van der Waals surface area contributed by atoms with Crippen LogP contribution >= 0.6 is 15.9 Å². The Kier molecular flexibility index (Phi) is 9.43. The molecule has 0 bridgehead atoms. The molecule has 0 saturated heterocycles. The van der Waals surface area contributed by atoms with Crippen molar-refractivity contribution in [3.8, 4) is 0 Å². The van der Waals surface area contributed by atoms with Gasteiger partial charge in [-0.3, -0.25) is 4.72 Å². The first kappa shape index (κ1) is 19.2. The molecule has 0 atom stereocenters. The second kappa shape index (κ2) is 10.8. The predicted octanol–water partition coefficient (Wildman–Crippen LogP) is 4.04. The first-order chi connectivity index (χ1) is 10.5. The zero-order valence-electron chi connectivity index (χ0n) is 12.9. The smallest absolute Gasteiger partial charge is 0.229 e. The Morgan fingerprint density at radius 3 is 2.45 bits per heavy atom. The van der Waals surface area contributed by atoms with E-state index in [1.54, 1.807) is 12.1 Å². The maximum absolute atomic E-state index is 11.1. The van der Waals surface area contributed by atoms with Gasteiger partial charge in [-0.25, -0.2) is 8.42 Å². The van der Waals surface area contributed by atoms with Gasteiger partial charge in [0.05, 0.1) is 12.9 Å². The lowest BCUT2D eigenvalue weighted by atomic mass is 10.2. The van der Waals surface area contributed by atoms with Crippen LogP contribution in [-0.4, -0.2) is 33.2 Å². The maximum Gasteiger partial charge on any atom is 0.229 e. The monoisotopic (exact) mass is 389 g/mol. The lowest BCUT2D eigenvalue weighted by Crippen LogP contribution is -2.09. The standard InChI is InChI=1S/C16H24BrNO3S/c1-22(19,20)18-16-10-8-15(9-11-16)7-6-14-21-13-5-3-2-4-12-17/h6-11,18H,2-5,12-14H2,1H3. The number of halogens is 1. The Morgan fingerprint density at radius 2 is 1.82 bits per heavy atom. The molecule has 0 fully saturated rings. The second-order valence-electron chi connectivity index (χ2n) is 5.08. The molecule has 0 aliphatic carbocycles. The molecule has 22 heavy (non-hydrogen) atoms. The predicted molar refractivity (Wildman–Crippen MR) is 97.0 cm³/mol. The van der Waals surface area contributed by atoms with Gasteiger partial charge in [-0.1, -0.05) is 53.1 Å². The Hall–Kier alpha value is -0.850. The van der Waals surface area contributed by atoms with Crippen LogP contribution in [0.3, 0.4) is 0 Å². The molecule has 1 N–H and O–H groups in total. The van der Waals surface area contributed by atoms with Crippen molar-refractivity contribution in [2.24, 2.45) is 0 Å². The van der Waals surface area contributed by atoms with Crippen LogP contribution in [0.5, 0.6) is 0 Å². The molecule has 1 rings (SSSR count). The summed E-state index contributed by atoms with van der Waals surface area (Å²) in [5, 5.41) is 1.08. The molecule has 0 aliphatic rings. The van der Waals surface area contributed by atoms with E-state index in [0.717, 1.165) is 30.2 Å².